The van der Waals surface area contributed by atoms with Crippen molar-refractivity contribution >= 4 is 0 Å². The maximum atomic E-state index is 5.67. The summed E-state index contributed by atoms with van der Waals surface area (Å²) in [6.07, 6.45) is 21.0. The molecule has 0 saturated carbocycles. The van der Waals surface area contributed by atoms with Crippen molar-refractivity contribution in [1.29, 1.82) is 0 Å². The second kappa shape index (κ2) is 28.0. The monoisotopic (exact) mass is 474 g/mol. The lowest BCUT2D eigenvalue weighted by atomic mass is 10.0. The van der Waals surface area contributed by atoms with Crippen molar-refractivity contribution in [3.63, 3.8) is 0 Å². The van der Waals surface area contributed by atoms with Gasteiger partial charge < -0.3 is 4.74 Å². The van der Waals surface area contributed by atoms with Gasteiger partial charge in [-0.15, -0.1) is 0 Å². The van der Waals surface area contributed by atoms with Gasteiger partial charge in [-0.25, -0.2) is 19.6 Å². The van der Waals surface area contributed by atoms with Gasteiger partial charge in [-0.2, -0.15) is 0 Å². The van der Waals surface area contributed by atoms with Gasteiger partial charge in [0.25, 0.3) is 0 Å². The predicted molar refractivity (Wildman–Crippen MR) is 138 cm³/mol. The van der Waals surface area contributed by atoms with E-state index in [1.807, 2.05) is 6.92 Å². The molecule has 0 radical (unpaired) electrons. The van der Waals surface area contributed by atoms with Crippen LogP contribution in [0, 0.1) is 5.92 Å². The van der Waals surface area contributed by atoms with Crippen LogP contribution in [0.5, 0.6) is 0 Å². The van der Waals surface area contributed by atoms with Crippen LogP contribution in [0.1, 0.15) is 137 Å². The van der Waals surface area contributed by atoms with Gasteiger partial charge in [0, 0.05) is 13.2 Å². The van der Waals surface area contributed by atoms with Crippen LogP contribution < -0.4 is 0 Å². The van der Waals surface area contributed by atoms with Crippen molar-refractivity contribution in [2.24, 2.45) is 5.92 Å². The number of ether oxygens (including phenoxy) is 1. The fourth-order valence-corrected chi connectivity index (χ4v) is 3.88. The van der Waals surface area contributed by atoms with E-state index < -0.39 is 0 Å². The molecule has 0 rings (SSSR count). The normalized spacial score (nSPS) is 13.5. The van der Waals surface area contributed by atoms with Crippen LogP contribution in [0.4, 0.5) is 0 Å². The second-order valence-electron chi connectivity index (χ2n) is 9.37. The summed E-state index contributed by atoms with van der Waals surface area (Å²) >= 11 is 0. The quantitative estimate of drug-likeness (QED) is 0.0645. The Bertz CT molecular complexity index is 353. The summed E-state index contributed by atoms with van der Waals surface area (Å²) in [6, 6.07) is 0. The molecule has 0 heterocycles. The fraction of sp³-hybridized carbons (Fsp3) is 1.00. The first-order valence-electron chi connectivity index (χ1n) is 14.4. The zero-order valence-corrected chi connectivity index (χ0v) is 22.8. The molecule has 5 heteroatoms. The summed E-state index contributed by atoms with van der Waals surface area (Å²) in [7, 11) is 0. The van der Waals surface area contributed by atoms with Gasteiger partial charge in [-0.05, 0) is 44.9 Å². The van der Waals surface area contributed by atoms with E-state index in [-0.39, 0.29) is 6.10 Å². The van der Waals surface area contributed by atoms with E-state index in [1.165, 1.54) is 77.0 Å². The zero-order chi connectivity index (χ0) is 24.2. The number of rotatable bonds is 28. The van der Waals surface area contributed by atoms with Gasteiger partial charge in [-0.3, -0.25) is 0 Å². The van der Waals surface area contributed by atoms with Crippen LogP contribution in [0.25, 0.3) is 0 Å². The molecule has 0 spiro atoms. The van der Waals surface area contributed by atoms with Gasteiger partial charge in [-0.1, -0.05) is 97.8 Å². The molecule has 0 aromatic rings. The molecular weight excluding hydrogens is 416 g/mol. The summed E-state index contributed by atoms with van der Waals surface area (Å²) in [4.78, 5) is 22.0. The molecule has 0 aromatic heterocycles. The highest BCUT2D eigenvalue weighted by Crippen LogP contribution is 2.15. The summed E-state index contributed by atoms with van der Waals surface area (Å²) in [5.74, 6) is 0.398. The number of unbranched alkanes of at least 4 members (excludes halogenated alkanes) is 11. The highest BCUT2D eigenvalue weighted by atomic mass is 17.2. The van der Waals surface area contributed by atoms with Crippen molar-refractivity contribution < 1.29 is 24.3 Å². The molecule has 0 aliphatic heterocycles. The summed E-state index contributed by atoms with van der Waals surface area (Å²) in [6.45, 7) is 12.1. The minimum absolute atomic E-state index is 0.213. The van der Waals surface area contributed by atoms with E-state index in [9.17, 15) is 0 Å². The van der Waals surface area contributed by atoms with E-state index in [0.29, 0.717) is 25.7 Å². The van der Waals surface area contributed by atoms with E-state index in [0.717, 1.165) is 45.3 Å². The highest BCUT2D eigenvalue weighted by Gasteiger charge is 2.12. The van der Waals surface area contributed by atoms with Crippen molar-refractivity contribution in [2.75, 3.05) is 33.0 Å². The molecule has 0 amide bonds. The molecule has 200 valence electrons. The Hall–Kier alpha value is -0.200. The number of hydrogen-bond donors (Lipinski definition) is 0. The van der Waals surface area contributed by atoms with Gasteiger partial charge in [0.05, 0.1) is 25.9 Å². The first-order chi connectivity index (χ1) is 16.3. The number of hydrogen-bond acceptors (Lipinski definition) is 5. The smallest absolute Gasteiger partial charge is 0.0927 e. The SMILES string of the molecule is CCCCCCCCCCOOCCC(CCOOC(CC)CCCCCCC)COCC. The van der Waals surface area contributed by atoms with Crippen LogP contribution >= 0.6 is 0 Å². The average Bonchev–Trinajstić information content (AvgIpc) is 2.83. The lowest BCUT2D eigenvalue weighted by molar-refractivity contribution is -0.328. The Labute approximate surface area is 206 Å². The van der Waals surface area contributed by atoms with Crippen molar-refractivity contribution in [3.05, 3.63) is 0 Å². The van der Waals surface area contributed by atoms with Crippen molar-refractivity contribution in [1.82, 2.24) is 0 Å². The molecule has 33 heavy (non-hydrogen) atoms. The average molecular weight is 475 g/mol. The van der Waals surface area contributed by atoms with Crippen LogP contribution in [-0.4, -0.2) is 39.1 Å². The summed E-state index contributed by atoms with van der Waals surface area (Å²) in [5.41, 5.74) is 0. The van der Waals surface area contributed by atoms with Crippen LogP contribution in [-0.2, 0) is 24.3 Å². The van der Waals surface area contributed by atoms with Crippen LogP contribution in [0.2, 0.25) is 0 Å². The van der Waals surface area contributed by atoms with Crippen LogP contribution in [0.3, 0.4) is 0 Å². The van der Waals surface area contributed by atoms with E-state index in [4.69, 9.17) is 24.3 Å². The summed E-state index contributed by atoms with van der Waals surface area (Å²) < 4.78 is 5.65. The minimum atomic E-state index is 0.213. The van der Waals surface area contributed by atoms with Crippen molar-refractivity contribution in [3.8, 4) is 0 Å². The van der Waals surface area contributed by atoms with E-state index in [1.54, 1.807) is 0 Å². The van der Waals surface area contributed by atoms with Crippen LogP contribution in [0.15, 0.2) is 0 Å². The first-order valence-corrected chi connectivity index (χ1v) is 14.4. The molecule has 0 fully saturated rings. The molecule has 0 aliphatic carbocycles. The lowest BCUT2D eigenvalue weighted by Gasteiger charge is -2.18. The molecule has 0 N–H and O–H groups in total. The maximum Gasteiger partial charge on any atom is 0.0927 e. The first kappa shape index (κ1) is 32.8. The highest BCUT2D eigenvalue weighted by molar-refractivity contribution is 4.58. The van der Waals surface area contributed by atoms with E-state index in [2.05, 4.69) is 20.8 Å². The van der Waals surface area contributed by atoms with E-state index >= 15 is 0 Å². The topological polar surface area (TPSA) is 46.2 Å². The largest absolute Gasteiger partial charge is 0.381 e. The molecular formula is C28H58O5. The molecule has 2 atom stereocenters. The van der Waals surface area contributed by atoms with Gasteiger partial charge >= 0.3 is 0 Å². The third-order valence-electron chi connectivity index (χ3n) is 6.23. The molecule has 0 aromatic carbocycles. The third kappa shape index (κ3) is 24.7. The molecule has 2 unspecified atom stereocenters. The second-order valence-corrected chi connectivity index (χ2v) is 9.37. The fourth-order valence-electron chi connectivity index (χ4n) is 3.88. The minimum Gasteiger partial charge on any atom is -0.381 e. The van der Waals surface area contributed by atoms with Gasteiger partial charge in [0.1, 0.15) is 0 Å². The summed E-state index contributed by atoms with van der Waals surface area (Å²) in [5, 5.41) is 0. The Kier molecular flexibility index (Phi) is 27.9. The lowest BCUT2D eigenvalue weighted by Crippen LogP contribution is -2.17. The molecule has 0 saturated heterocycles. The van der Waals surface area contributed by atoms with Gasteiger partial charge in [0.2, 0.25) is 0 Å². The predicted octanol–water partition coefficient (Wildman–Crippen LogP) is 8.60. The maximum absolute atomic E-state index is 5.67. The Morgan fingerprint density at radius 3 is 1.67 bits per heavy atom. The van der Waals surface area contributed by atoms with Gasteiger partial charge in [0.15, 0.2) is 0 Å². The molecule has 5 nitrogen and oxygen atoms in total. The third-order valence-corrected chi connectivity index (χ3v) is 6.23. The Morgan fingerprint density at radius 1 is 0.515 bits per heavy atom. The Balaban J connectivity index is 3.73. The molecule has 0 bridgehead atoms. The molecule has 0 aliphatic rings. The zero-order valence-electron chi connectivity index (χ0n) is 22.8. The standard InChI is InChI=1S/C28H58O5/c1-5-9-11-13-14-15-17-19-23-30-31-24-21-27(26-29-8-4)22-25-32-33-28(7-3)20-18-16-12-10-6-2/h27-28H,5-26H2,1-4H3. The Morgan fingerprint density at radius 2 is 1.06 bits per heavy atom. The van der Waals surface area contributed by atoms with Crippen molar-refractivity contribution in [2.45, 2.75) is 143 Å².